The number of carbonyl (C=O) groups excluding carboxylic acids is 1. The predicted molar refractivity (Wildman–Crippen MR) is 66.7 cm³/mol. The second-order valence-corrected chi connectivity index (χ2v) is 3.81. The highest BCUT2D eigenvalue weighted by atomic mass is 16.6. The van der Waals surface area contributed by atoms with Gasteiger partial charge in [0.25, 0.3) is 11.9 Å². The molecule has 2 aromatic rings. The number of aromatic carboxylic acids is 1. The summed E-state index contributed by atoms with van der Waals surface area (Å²) in [5, 5.41) is 11.2. The number of ether oxygens (including phenoxy) is 1. The summed E-state index contributed by atoms with van der Waals surface area (Å²) in [6.07, 6.45) is 0. The Labute approximate surface area is 114 Å². The van der Waals surface area contributed by atoms with Gasteiger partial charge in [-0.05, 0) is 25.1 Å². The van der Waals surface area contributed by atoms with Crippen molar-refractivity contribution in [1.29, 1.82) is 0 Å². The van der Waals surface area contributed by atoms with Crippen LogP contribution in [0.15, 0.2) is 33.1 Å². The molecular weight excluding hydrogens is 266 g/mol. The molecule has 20 heavy (non-hydrogen) atoms. The number of carboxylic acids is 1. The van der Waals surface area contributed by atoms with E-state index in [-0.39, 0.29) is 24.0 Å². The highest BCUT2D eigenvalue weighted by Gasteiger charge is 2.13. The van der Waals surface area contributed by atoms with Crippen molar-refractivity contribution in [2.45, 2.75) is 13.5 Å². The molecule has 0 spiro atoms. The molecule has 0 fully saturated rings. The third-order valence-electron chi connectivity index (χ3n) is 2.39. The van der Waals surface area contributed by atoms with Crippen molar-refractivity contribution in [2.24, 2.45) is 0 Å². The highest BCUT2D eigenvalue weighted by molar-refractivity contribution is 5.91. The predicted octanol–water partition coefficient (Wildman–Crippen LogP) is 1.90. The van der Waals surface area contributed by atoms with Gasteiger partial charge in [0.1, 0.15) is 5.76 Å². The lowest BCUT2D eigenvalue weighted by Crippen LogP contribution is -2.21. The topological polar surface area (TPSA) is 102 Å². The summed E-state index contributed by atoms with van der Waals surface area (Å²) < 4.78 is 15.3. The Morgan fingerprint density at radius 1 is 1.20 bits per heavy atom. The molecule has 2 rings (SSSR count). The van der Waals surface area contributed by atoms with Gasteiger partial charge >= 0.3 is 5.97 Å². The molecule has 7 nitrogen and oxygen atoms in total. The third kappa shape index (κ3) is 3.19. The first kappa shape index (κ1) is 13.7. The van der Waals surface area contributed by atoms with E-state index in [2.05, 4.69) is 5.32 Å². The van der Waals surface area contributed by atoms with Crippen LogP contribution in [0.3, 0.4) is 0 Å². The van der Waals surface area contributed by atoms with Gasteiger partial charge in [-0.2, -0.15) is 0 Å². The molecule has 2 heterocycles. The molecule has 0 aromatic carbocycles. The molecule has 0 aliphatic heterocycles. The molecule has 1 amide bonds. The Hall–Kier alpha value is -2.70. The zero-order valence-corrected chi connectivity index (χ0v) is 10.7. The minimum Gasteiger partial charge on any atom is -0.475 e. The monoisotopic (exact) mass is 279 g/mol. The van der Waals surface area contributed by atoms with Gasteiger partial charge in [0.15, 0.2) is 5.76 Å². The molecule has 0 unspecified atom stereocenters. The van der Waals surface area contributed by atoms with E-state index in [0.29, 0.717) is 12.4 Å². The Balaban J connectivity index is 1.91. The van der Waals surface area contributed by atoms with Gasteiger partial charge in [-0.15, -0.1) is 0 Å². The lowest BCUT2D eigenvalue weighted by atomic mass is 10.4. The molecule has 0 saturated carbocycles. The molecule has 0 atom stereocenters. The Kier molecular flexibility index (Phi) is 4.09. The molecule has 2 aromatic heterocycles. The number of furan rings is 2. The van der Waals surface area contributed by atoms with Crippen LogP contribution in [0.5, 0.6) is 5.95 Å². The smallest absolute Gasteiger partial charge is 0.371 e. The lowest BCUT2D eigenvalue weighted by Gasteiger charge is -2.00. The van der Waals surface area contributed by atoms with Crippen LogP contribution in [0.4, 0.5) is 0 Å². The molecule has 0 bridgehead atoms. The number of hydrogen-bond acceptors (Lipinski definition) is 5. The van der Waals surface area contributed by atoms with E-state index in [1.165, 1.54) is 18.2 Å². The third-order valence-corrected chi connectivity index (χ3v) is 2.39. The van der Waals surface area contributed by atoms with Gasteiger partial charge in [0, 0.05) is 6.07 Å². The van der Waals surface area contributed by atoms with Crippen molar-refractivity contribution in [2.75, 3.05) is 6.61 Å². The van der Waals surface area contributed by atoms with Gasteiger partial charge in [0.2, 0.25) is 5.76 Å². The number of carbonyl (C=O) groups is 2. The number of carboxylic acid groups (broad SMARTS) is 1. The van der Waals surface area contributed by atoms with Gasteiger partial charge < -0.3 is 24.0 Å². The fourth-order valence-corrected chi connectivity index (χ4v) is 1.50. The average Bonchev–Trinajstić information content (AvgIpc) is 3.05. The van der Waals surface area contributed by atoms with Crippen LogP contribution in [0, 0.1) is 0 Å². The molecular formula is C13H13NO6. The minimum atomic E-state index is -1.16. The fourth-order valence-electron chi connectivity index (χ4n) is 1.50. The van der Waals surface area contributed by atoms with E-state index < -0.39 is 11.9 Å². The molecule has 0 aliphatic rings. The van der Waals surface area contributed by atoms with Crippen LogP contribution in [0.2, 0.25) is 0 Å². The van der Waals surface area contributed by atoms with Crippen LogP contribution in [0.1, 0.15) is 33.8 Å². The van der Waals surface area contributed by atoms with Crippen LogP contribution in [-0.2, 0) is 6.54 Å². The summed E-state index contributed by atoms with van der Waals surface area (Å²) in [5.41, 5.74) is 0. The molecule has 0 aliphatic carbocycles. The van der Waals surface area contributed by atoms with E-state index in [1.54, 1.807) is 13.0 Å². The first-order valence-electron chi connectivity index (χ1n) is 5.93. The number of amides is 1. The van der Waals surface area contributed by atoms with E-state index in [1.807, 2.05) is 0 Å². The fraction of sp³-hybridized carbons (Fsp3) is 0.231. The standard InChI is InChI=1S/C13H13NO6/c1-2-18-11-6-5-9(20-11)12(15)14-7-8-3-4-10(19-8)13(16)17/h3-6H,2,7H2,1H3,(H,14,15)(H,16,17). The summed E-state index contributed by atoms with van der Waals surface area (Å²) >= 11 is 0. The first-order chi connectivity index (χ1) is 9.60. The molecule has 106 valence electrons. The summed E-state index contributed by atoms with van der Waals surface area (Å²) in [7, 11) is 0. The Morgan fingerprint density at radius 3 is 2.60 bits per heavy atom. The summed E-state index contributed by atoms with van der Waals surface area (Å²) in [4.78, 5) is 22.4. The zero-order valence-electron chi connectivity index (χ0n) is 10.7. The van der Waals surface area contributed by atoms with Gasteiger partial charge in [-0.1, -0.05) is 0 Å². The maximum absolute atomic E-state index is 11.8. The average molecular weight is 279 g/mol. The van der Waals surface area contributed by atoms with Crippen LogP contribution in [0.25, 0.3) is 0 Å². The Morgan fingerprint density at radius 2 is 1.95 bits per heavy atom. The Bertz CT molecular complexity index is 612. The van der Waals surface area contributed by atoms with Crippen LogP contribution < -0.4 is 10.1 Å². The summed E-state index contributed by atoms with van der Waals surface area (Å²) in [6.45, 7) is 2.31. The normalized spacial score (nSPS) is 10.2. The van der Waals surface area contributed by atoms with E-state index in [9.17, 15) is 9.59 Å². The zero-order chi connectivity index (χ0) is 14.5. The van der Waals surface area contributed by atoms with Crippen LogP contribution in [-0.4, -0.2) is 23.6 Å². The quantitative estimate of drug-likeness (QED) is 0.837. The molecule has 0 radical (unpaired) electrons. The van der Waals surface area contributed by atoms with Crippen molar-refractivity contribution in [3.8, 4) is 5.95 Å². The minimum absolute atomic E-state index is 0.0663. The van der Waals surface area contributed by atoms with Gasteiger partial charge in [0.05, 0.1) is 13.2 Å². The van der Waals surface area contributed by atoms with E-state index in [4.69, 9.17) is 18.7 Å². The second-order valence-electron chi connectivity index (χ2n) is 3.81. The van der Waals surface area contributed by atoms with Crippen LogP contribution >= 0.6 is 0 Å². The second kappa shape index (κ2) is 5.96. The van der Waals surface area contributed by atoms with Crippen molar-refractivity contribution in [3.63, 3.8) is 0 Å². The largest absolute Gasteiger partial charge is 0.475 e. The van der Waals surface area contributed by atoms with E-state index in [0.717, 1.165) is 0 Å². The number of rotatable bonds is 6. The maximum Gasteiger partial charge on any atom is 0.371 e. The first-order valence-corrected chi connectivity index (χ1v) is 5.93. The summed E-state index contributed by atoms with van der Waals surface area (Å²) in [5.74, 6) is -1.06. The molecule has 7 heteroatoms. The number of nitrogens with one attached hydrogen (secondary N) is 1. The summed E-state index contributed by atoms with van der Waals surface area (Å²) in [6, 6.07) is 5.85. The maximum atomic E-state index is 11.8. The molecule has 0 saturated heterocycles. The van der Waals surface area contributed by atoms with Gasteiger partial charge in [-0.3, -0.25) is 4.79 Å². The molecule has 2 N–H and O–H groups in total. The van der Waals surface area contributed by atoms with E-state index >= 15 is 0 Å². The van der Waals surface area contributed by atoms with Crippen molar-refractivity contribution in [3.05, 3.63) is 41.5 Å². The van der Waals surface area contributed by atoms with Gasteiger partial charge in [-0.25, -0.2) is 4.79 Å². The number of hydrogen-bond donors (Lipinski definition) is 2. The highest BCUT2D eigenvalue weighted by Crippen LogP contribution is 2.16. The lowest BCUT2D eigenvalue weighted by molar-refractivity contribution is 0.0660. The van der Waals surface area contributed by atoms with Crippen molar-refractivity contribution >= 4 is 11.9 Å². The van der Waals surface area contributed by atoms with Crippen molar-refractivity contribution < 1.29 is 28.3 Å². The van der Waals surface area contributed by atoms with Crippen molar-refractivity contribution in [1.82, 2.24) is 5.32 Å². The SMILES string of the molecule is CCOc1ccc(C(=O)NCc2ccc(C(=O)O)o2)o1.